The molecule has 4 fully saturated rings. The fourth-order valence-corrected chi connectivity index (χ4v) is 9.65. The van der Waals surface area contributed by atoms with Gasteiger partial charge < -0.3 is 72.1 Å². The summed E-state index contributed by atoms with van der Waals surface area (Å²) in [5.74, 6) is 3.01. The van der Waals surface area contributed by atoms with Crippen LogP contribution in [0, 0.1) is 23.7 Å². The number of piperazine rings is 2. The largest absolute Gasteiger partial charge is 0.493 e. The van der Waals surface area contributed by atoms with Gasteiger partial charge in [0.15, 0.2) is 46.0 Å². The van der Waals surface area contributed by atoms with E-state index >= 15 is 0 Å². The SMILES string of the molecule is COc1ccc(C[C@H]2COC(=O)[C@@H]2Cc2ccc(OC(=O)N3CCN(C(=O)OC(C)(C)C)CC3)c(OC)c2)cc1OC.COc1ccc(C[C@H]2COC(=O)[C@@H]2Cc2ccc(OC(=O)N3CCNCC3)c(OC)c2)cc1OC. The van der Waals surface area contributed by atoms with E-state index in [9.17, 15) is 24.0 Å². The molecule has 20 heteroatoms. The van der Waals surface area contributed by atoms with Crippen LogP contribution in [0.4, 0.5) is 14.4 Å². The van der Waals surface area contributed by atoms with Crippen LogP contribution in [0.5, 0.6) is 46.0 Å². The zero-order valence-electron chi connectivity index (χ0n) is 45.5. The molecule has 4 aliphatic heterocycles. The van der Waals surface area contributed by atoms with Crippen molar-refractivity contribution >= 4 is 30.2 Å². The van der Waals surface area contributed by atoms with Crippen molar-refractivity contribution in [2.75, 3.05) is 108 Å². The van der Waals surface area contributed by atoms with Gasteiger partial charge in [0.25, 0.3) is 0 Å². The predicted molar refractivity (Wildman–Crippen MR) is 282 cm³/mol. The van der Waals surface area contributed by atoms with E-state index in [4.69, 9.17) is 52.1 Å². The van der Waals surface area contributed by atoms with Crippen molar-refractivity contribution in [1.29, 1.82) is 0 Å². The van der Waals surface area contributed by atoms with Gasteiger partial charge >= 0.3 is 30.2 Å². The van der Waals surface area contributed by atoms with Crippen molar-refractivity contribution < 1.29 is 76.1 Å². The van der Waals surface area contributed by atoms with E-state index in [1.807, 2.05) is 75.4 Å². The second-order valence-electron chi connectivity index (χ2n) is 20.1. The van der Waals surface area contributed by atoms with Crippen molar-refractivity contribution in [3.05, 3.63) is 95.1 Å². The molecular formula is C57H72N4O16. The summed E-state index contributed by atoms with van der Waals surface area (Å²) in [6.45, 7) is 10.2. The fraction of sp³-hybridized carbons (Fsp3) is 0.491. The third kappa shape index (κ3) is 15.1. The number of hydrogen-bond donors (Lipinski definition) is 1. The number of carbonyl (C=O) groups excluding carboxylic acids is 5. The molecule has 4 heterocycles. The monoisotopic (exact) mass is 1070 g/mol. The molecule has 0 saturated carbocycles. The van der Waals surface area contributed by atoms with E-state index in [2.05, 4.69) is 5.32 Å². The third-order valence-corrected chi connectivity index (χ3v) is 13.8. The molecule has 0 aromatic heterocycles. The van der Waals surface area contributed by atoms with Crippen LogP contribution in [0.2, 0.25) is 0 Å². The normalized spacial score (nSPS) is 19.2. The van der Waals surface area contributed by atoms with Gasteiger partial charge in [-0.05, 0) is 117 Å². The quantitative estimate of drug-likeness (QED) is 0.0882. The first-order chi connectivity index (χ1) is 37.0. The molecule has 8 rings (SSSR count). The van der Waals surface area contributed by atoms with E-state index in [0.29, 0.717) is 118 Å². The van der Waals surface area contributed by atoms with Crippen molar-refractivity contribution in [1.82, 2.24) is 20.0 Å². The molecule has 4 atom stereocenters. The van der Waals surface area contributed by atoms with Gasteiger partial charge in [0, 0.05) is 64.2 Å². The van der Waals surface area contributed by atoms with Gasteiger partial charge in [0.2, 0.25) is 0 Å². The summed E-state index contributed by atoms with van der Waals surface area (Å²) in [6.07, 6.45) is 0.947. The summed E-state index contributed by atoms with van der Waals surface area (Å²) in [7, 11) is 9.42. The third-order valence-electron chi connectivity index (χ3n) is 13.8. The second kappa shape index (κ2) is 26.4. The van der Waals surface area contributed by atoms with Crippen LogP contribution in [0.3, 0.4) is 0 Å². The summed E-state index contributed by atoms with van der Waals surface area (Å²) in [5.41, 5.74) is 3.25. The number of ether oxygens (including phenoxy) is 11. The van der Waals surface area contributed by atoms with E-state index in [0.717, 1.165) is 35.3 Å². The highest BCUT2D eigenvalue weighted by molar-refractivity contribution is 5.77. The first-order valence-corrected chi connectivity index (χ1v) is 25.7. The lowest BCUT2D eigenvalue weighted by Crippen LogP contribution is -2.52. The molecule has 77 heavy (non-hydrogen) atoms. The first-order valence-electron chi connectivity index (χ1n) is 25.7. The van der Waals surface area contributed by atoms with Gasteiger partial charge in [0.1, 0.15) is 5.60 Å². The Bertz CT molecular complexity index is 2700. The van der Waals surface area contributed by atoms with Crippen molar-refractivity contribution in [3.8, 4) is 46.0 Å². The highest BCUT2D eigenvalue weighted by Crippen LogP contribution is 2.38. The number of carbonyl (C=O) groups is 5. The molecule has 20 nitrogen and oxygen atoms in total. The van der Waals surface area contributed by atoms with E-state index in [1.165, 1.54) is 14.2 Å². The van der Waals surface area contributed by atoms with Crippen LogP contribution in [0.1, 0.15) is 43.0 Å². The lowest BCUT2D eigenvalue weighted by atomic mass is 9.85. The van der Waals surface area contributed by atoms with Crippen LogP contribution < -0.4 is 43.2 Å². The lowest BCUT2D eigenvalue weighted by molar-refractivity contribution is -0.142. The van der Waals surface area contributed by atoms with Crippen molar-refractivity contribution in [3.63, 3.8) is 0 Å². The molecule has 1 N–H and O–H groups in total. The van der Waals surface area contributed by atoms with Crippen LogP contribution in [0.15, 0.2) is 72.8 Å². The maximum Gasteiger partial charge on any atom is 0.415 e. The zero-order valence-corrected chi connectivity index (χ0v) is 45.5. The molecular weight excluding hydrogens is 997 g/mol. The number of esters is 2. The standard InChI is InChI=1S/C31H40N2O9.C26H32N2O7/c1-31(2,3)42-30(36)33-13-11-32(12-14-33)29(35)41-25-10-8-21(18-27(25)39-6)16-23-22(19-40-28(23)34)15-20-7-9-24(37-4)26(17-20)38-5;1-31-21-6-4-17(14-23(21)32-2)12-19-16-34-25(29)20(19)13-18-5-7-22(24(15-18)33-3)35-26(30)28-10-8-27-9-11-28/h7-10,17-18,22-23H,11-16,19H2,1-6H3;4-7,14-15,19-20,27H,8-13,16H2,1-3H3/t22-,23+;19-,20+/m00/s1. The molecule has 3 amide bonds. The molecule has 0 radical (unpaired) electrons. The predicted octanol–water partition coefficient (Wildman–Crippen LogP) is 7.03. The molecule has 0 spiro atoms. The van der Waals surface area contributed by atoms with E-state index in [1.54, 1.807) is 61.3 Å². The Kier molecular flexibility index (Phi) is 19.6. The maximum atomic E-state index is 12.9. The number of nitrogens with zero attached hydrogens (tertiary/aromatic N) is 3. The Labute approximate surface area is 450 Å². The average molecular weight is 1070 g/mol. The molecule has 0 aliphatic carbocycles. The number of hydrogen-bond acceptors (Lipinski definition) is 17. The van der Waals surface area contributed by atoms with Crippen molar-refractivity contribution in [2.45, 2.75) is 52.1 Å². The minimum atomic E-state index is -0.584. The molecule has 4 aromatic carbocycles. The van der Waals surface area contributed by atoms with Gasteiger partial charge in [-0.1, -0.05) is 24.3 Å². The Morgan fingerprint density at radius 2 is 0.792 bits per heavy atom. The Morgan fingerprint density at radius 3 is 1.16 bits per heavy atom. The minimum absolute atomic E-state index is 0.0153. The number of benzene rings is 4. The zero-order chi connectivity index (χ0) is 55.2. The number of amides is 3. The van der Waals surface area contributed by atoms with Gasteiger partial charge in [0.05, 0.1) is 67.7 Å². The molecule has 0 bridgehead atoms. The van der Waals surface area contributed by atoms with Crippen molar-refractivity contribution in [2.24, 2.45) is 23.7 Å². The summed E-state index contributed by atoms with van der Waals surface area (Å²) in [5, 5.41) is 3.21. The van der Waals surface area contributed by atoms with E-state index < -0.39 is 23.9 Å². The number of rotatable bonds is 16. The van der Waals surface area contributed by atoms with Gasteiger partial charge in [-0.15, -0.1) is 0 Å². The maximum absolute atomic E-state index is 12.9. The topological polar surface area (TPSA) is 209 Å². The molecule has 4 aliphatic rings. The molecule has 0 unspecified atom stereocenters. The highest BCUT2D eigenvalue weighted by atomic mass is 16.6. The summed E-state index contributed by atoms with van der Waals surface area (Å²) < 4.78 is 60.0. The number of nitrogens with one attached hydrogen (secondary N) is 1. The summed E-state index contributed by atoms with van der Waals surface area (Å²) in [6, 6.07) is 22.2. The first kappa shape index (κ1) is 57.1. The van der Waals surface area contributed by atoms with Gasteiger partial charge in [-0.2, -0.15) is 0 Å². The average Bonchev–Trinajstić information content (AvgIpc) is 3.96. The molecule has 4 aromatic rings. The molecule has 416 valence electrons. The second-order valence-corrected chi connectivity index (χ2v) is 20.1. The smallest absolute Gasteiger partial charge is 0.415 e. The van der Waals surface area contributed by atoms with Crippen LogP contribution in [0.25, 0.3) is 0 Å². The Morgan fingerprint density at radius 1 is 0.468 bits per heavy atom. The lowest BCUT2D eigenvalue weighted by Gasteiger charge is -2.35. The minimum Gasteiger partial charge on any atom is -0.493 e. The fourth-order valence-electron chi connectivity index (χ4n) is 9.65. The Balaban J connectivity index is 0.000000227. The van der Waals surface area contributed by atoms with Gasteiger partial charge in [-0.3, -0.25) is 9.59 Å². The number of methoxy groups -OCH3 is 6. The summed E-state index contributed by atoms with van der Waals surface area (Å²) in [4.78, 5) is 67.7. The Hall–Kier alpha value is -7.61. The highest BCUT2D eigenvalue weighted by Gasteiger charge is 2.39. The molecule has 4 saturated heterocycles. The van der Waals surface area contributed by atoms with E-state index in [-0.39, 0.29) is 41.4 Å². The number of cyclic esters (lactones) is 2. The van der Waals surface area contributed by atoms with Gasteiger partial charge in [-0.25, -0.2) is 14.4 Å². The van der Waals surface area contributed by atoms with Crippen LogP contribution in [-0.4, -0.2) is 159 Å². The van der Waals surface area contributed by atoms with Crippen LogP contribution in [-0.2, 0) is 49.5 Å². The summed E-state index contributed by atoms with van der Waals surface area (Å²) >= 11 is 0. The van der Waals surface area contributed by atoms with Crippen LogP contribution >= 0.6 is 0 Å².